The lowest BCUT2D eigenvalue weighted by Crippen LogP contribution is -2.06. The average molecular weight is 549 g/mol. The van der Waals surface area contributed by atoms with Gasteiger partial charge in [-0.3, -0.25) is 4.98 Å². The van der Waals surface area contributed by atoms with Gasteiger partial charge in [0.15, 0.2) is 9.84 Å². The van der Waals surface area contributed by atoms with Gasteiger partial charge in [0.25, 0.3) is 0 Å². The van der Waals surface area contributed by atoms with Gasteiger partial charge < -0.3 is 10.7 Å². The summed E-state index contributed by atoms with van der Waals surface area (Å²) in [4.78, 5) is 8.12. The average Bonchev–Trinajstić information content (AvgIpc) is 3.16. The van der Waals surface area contributed by atoms with Crippen LogP contribution in [0.4, 0.5) is 0 Å². The fraction of sp³-hybridized carbons (Fsp3) is 0.321. The van der Waals surface area contributed by atoms with Gasteiger partial charge in [-0.2, -0.15) is 0 Å². The van der Waals surface area contributed by atoms with E-state index in [9.17, 15) is 8.42 Å². The minimum Gasteiger partial charge on any atom is -0.354 e. The molecule has 1 unspecified atom stereocenters. The molecule has 0 bridgehead atoms. The van der Waals surface area contributed by atoms with E-state index in [1.54, 1.807) is 6.07 Å². The molecular weight excluding hydrogens is 513 g/mol. The quantitative estimate of drug-likeness (QED) is 0.248. The molecule has 4 rings (SSSR count). The van der Waals surface area contributed by atoms with Gasteiger partial charge in [-0.1, -0.05) is 17.2 Å². The lowest BCUT2D eigenvalue weighted by molar-refractivity contribution is 0.557. The van der Waals surface area contributed by atoms with Crippen LogP contribution in [0.25, 0.3) is 22.2 Å². The number of aromatic amines is 1. The van der Waals surface area contributed by atoms with Gasteiger partial charge in [0, 0.05) is 35.2 Å². The summed E-state index contributed by atoms with van der Waals surface area (Å²) in [6.45, 7) is 4.87. The number of aryl methyl sites for hydroxylation is 3. The molecule has 0 spiro atoms. The predicted octanol–water partition coefficient (Wildman–Crippen LogP) is 6.55. The monoisotopic (exact) mass is 547 g/mol. The third-order valence-corrected chi connectivity index (χ3v) is 7.60. The third kappa shape index (κ3) is 6.88. The number of sulfone groups is 1. The van der Waals surface area contributed by atoms with Crippen LogP contribution in [0, 0.1) is 13.8 Å². The van der Waals surface area contributed by atoms with Gasteiger partial charge >= 0.3 is 0 Å². The summed E-state index contributed by atoms with van der Waals surface area (Å²) in [5, 5.41) is 0.976. The van der Waals surface area contributed by atoms with Crippen LogP contribution in [0.15, 0.2) is 65.8 Å². The number of halogens is 2. The zero-order valence-corrected chi connectivity index (χ0v) is 23.4. The summed E-state index contributed by atoms with van der Waals surface area (Å²) < 4.78 is 24.6. The molecule has 2 aromatic carbocycles. The number of benzene rings is 2. The predicted molar refractivity (Wildman–Crippen MR) is 154 cm³/mol. The Labute approximate surface area is 226 Å². The molecule has 8 heteroatoms. The molecule has 0 aliphatic rings. The first-order valence-electron chi connectivity index (χ1n) is 11.8. The number of hydrogen-bond donors (Lipinski definition) is 2. The normalized spacial score (nSPS) is 12.1. The van der Waals surface area contributed by atoms with Crippen molar-refractivity contribution in [2.24, 2.45) is 5.73 Å². The van der Waals surface area contributed by atoms with E-state index in [-0.39, 0.29) is 24.8 Å². The smallest absolute Gasteiger partial charge is 0.175 e. The van der Waals surface area contributed by atoms with E-state index >= 15 is 0 Å². The minimum absolute atomic E-state index is 0. The largest absolute Gasteiger partial charge is 0.354 e. The van der Waals surface area contributed by atoms with E-state index in [1.165, 1.54) is 22.9 Å². The molecule has 0 aliphatic carbocycles. The van der Waals surface area contributed by atoms with Crippen LogP contribution in [-0.4, -0.2) is 31.2 Å². The second-order valence-corrected chi connectivity index (χ2v) is 11.3. The van der Waals surface area contributed by atoms with E-state index < -0.39 is 9.84 Å². The van der Waals surface area contributed by atoms with Crippen LogP contribution in [0.3, 0.4) is 0 Å². The highest BCUT2D eigenvalue weighted by Gasteiger charge is 2.19. The highest BCUT2D eigenvalue weighted by molar-refractivity contribution is 7.90. The molecule has 0 saturated carbocycles. The topological polar surface area (TPSA) is 88.8 Å². The maximum absolute atomic E-state index is 12.3. The summed E-state index contributed by atoms with van der Waals surface area (Å²) in [6, 6.07) is 16.1. The van der Waals surface area contributed by atoms with Gasteiger partial charge in [-0.15, -0.1) is 24.8 Å². The van der Waals surface area contributed by atoms with Crippen molar-refractivity contribution < 1.29 is 8.42 Å². The maximum Gasteiger partial charge on any atom is 0.175 e. The van der Waals surface area contributed by atoms with Crippen LogP contribution in [-0.2, 0) is 16.3 Å². The number of H-pyrrole nitrogens is 1. The molecule has 0 fully saturated rings. The molecule has 3 N–H and O–H groups in total. The van der Waals surface area contributed by atoms with Crippen LogP contribution in [0.1, 0.15) is 47.4 Å². The number of rotatable bonds is 9. The molecule has 2 aromatic heterocycles. The fourth-order valence-electron chi connectivity index (χ4n) is 4.88. The minimum atomic E-state index is -3.30. The van der Waals surface area contributed by atoms with E-state index in [1.807, 2.05) is 24.5 Å². The molecule has 0 aliphatic heterocycles. The summed E-state index contributed by atoms with van der Waals surface area (Å²) >= 11 is 0. The molecule has 0 radical (unpaired) electrons. The van der Waals surface area contributed by atoms with Crippen molar-refractivity contribution in [3.05, 3.63) is 83.2 Å². The Morgan fingerprint density at radius 3 is 2.22 bits per heavy atom. The van der Waals surface area contributed by atoms with Gasteiger partial charge in [-0.25, -0.2) is 8.42 Å². The highest BCUT2D eigenvalue weighted by Crippen LogP contribution is 2.36. The number of pyridine rings is 1. The van der Waals surface area contributed by atoms with Crippen LogP contribution < -0.4 is 5.73 Å². The molecule has 0 saturated heterocycles. The summed E-state index contributed by atoms with van der Waals surface area (Å²) in [5.74, 6) is 0.363. The Morgan fingerprint density at radius 1 is 0.944 bits per heavy atom. The second-order valence-electron chi connectivity index (χ2n) is 9.28. The Bertz CT molecular complexity index is 1380. The number of nitrogens with zero attached hydrogens (tertiary/aromatic N) is 1. The number of fused-ring (bicyclic) bond motifs is 1. The molecular formula is C28H35Cl2N3O2S. The van der Waals surface area contributed by atoms with E-state index in [0.717, 1.165) is 53.4 Å². The van der Waals surface area contributed by atoms with Crippen LogP contribution in [0.2, 0.25) is 0 Å². The van der Waals surface area contributed by atoms with Crippen LogP contribution in [0.5, 0.6) is 0 Å². The highest BCUT2D eigenvalue weighted by atomic mass is 35.5. The zero-order chi connectivity index (χ0) is 24.3. The van der Waals surface area contributed by atoms with Gasteiger partial charge in [0.2, 0.25) is 0 Å². The van der Waals surface area contributed by atoms with E-state index in [0.29, 0.717) is 17.4 Å². The molecule has 0 amide bonds. The first kappa shape index (κ1) is 29.8. The van der Waals surface area contributed by atoms with Crippen molar-refractivity contribution in [3.8, 4) is 11.3 Å². The second kappa shape index (κ2) is 12.7. The first-order chi connectivity index (χ1) is 16.3. The molecule has 5 nitrogen and oxygen atoms in total. The Morgan fingerprint density at radius 2 is 1.61 bits per heavy atom. The standard InChI is InChI=1S/C28H33N3O2S.2ClH/c1-19-15-20(2)17-23(16-19)28-25(26-18-24(34(3,32)33)7-9-27(26)31-28)8-6-21(5-4-12-29)22-10-13-30-14-11-22;;/h7,9-11,13-18,21,31H,4-6,8,12,29H2,1-3H3;2*1H. The SMILES string of the molecule is Cc1cc(C)cc(-c2[nH]c3ccc(S(C)(=O)=O)cc3c2CCC(CCCN)c2ccncc2)c1.Cl.Cl. The van der Waals surface area contributed by atoms with Crippen molar-refractivity contribution in [3.63, 3.8) is 0 Å². The number of nitrogens with one attached hydrogen (secondary N) is 1. The molecule has 36 heavy (non-hydrogen) atoms. The van der Waals surface area contributed by atoms with Gasteiger partial charge in [-0.05, 0) is 111 Å². The first-order valence-corrected chi connectivity index (χ1v) is 13.7. The van der Waals surface area contributed by atoms with Crippen molar-refractivity contribution >= 4 is 45.6 Å². The molecule has 2 heterocycles. The number of aromatic nitrogens is 2. The van der Waals surface area contributed by atoms with Gasteiger partial charge in [0.05, 0.1) is 4.90 Å². The number of nitrogens with two attached hydrogens (primary N) is 1. The molecule has 4 aromatic rings. The Balaban J connectivity index is 0.00000228. The molecule has 1 atom stereocenters. The Hall–Kier alpha value is -2.38. The van der Waals surface area contributed by atoms with Crippen molar-refractivity contribution in [1.82, 2.24) is 9.97 Å². The van der Waals surface area contributed by atoms with Gasteiger partial charge in [0.1, 0.15) is 0 Å². The van der Waals surface area contributed by atoms with E-state index in [2.05, 4.69) is 54.1 Å². The lowest BCUT2D eigenvalue weighted by Gasteiger charge is -2.18. The summed E-state index contributed by atoms with van der Waals surface area (Å²) in [6.07, 6.45) is 8.69. The summed E-state index contributed by atoms with van der Waals surface area (Å²) in [7, 11) is -3.30. The lowest BCUT2D eigenvalue weighted by atomic mass is 9.88. The van der Waals surface area contributed by atoms with Crippen molar-refractivity contribution in [2.45, 2.75) is 50.3 Å². The fourth-order valence-corrected chi connectivity index (χ4v) is 5.53. The molecule has 194 valence electrons. The van der Waals surface area contributed by atoms with Crippen molar-refractivity contribution in [1.29, 1.82) is 0 Å². The number of hydrogen-bond acceptors (Lipinski definition) is 4. The third-order valence-electron chi connectivity index (χ3n) is 6.49. The maximum atomic E-state index is 12.3. The van der Waals surface area contributed by atoms with E-state index in [4.69, 9.17) is 5.73 Å². The summed E-state index contributed by atoms with van der Waals surface area (Å²) in [5.41, 5.74) is 13.8. The zero-order valence-electron chi connectivity index (χ0n) is 21.0. The Kier molecular flexibility index (Phi) is 10.6. The van der Waals surface area contributed by atoms with Crippen LogP contribution >= 0.6 is 24.8 Å². The van der Waals surface area contributed by atoms with Crippen molar-refractivity contribution in [2.75, 3.05) is 12.8 Å².